The molecule has 1 amide bonds. The first kappa shape index (κ1) is 18.3. The van der Waals surface area contributed by atoms with Crippen LogP contribution in [0.15, 0.2) is 42.5 Å². The van der Waals surface area contributed by atoms with E-state index >= 15 is 0 Å². The van der Waals surface area contributed by atoms with E-state index in [9.17, 15) is 4.79 Å². The third-order valence-corrected chi connectivity index (χ3v) is 3.98. The van der Waals surface area contributed by atoms with Crippen LogP contribution in [0.25, 0.3) is 0 Å². The van der Waals surface area contributed by atoms with Gasteiger partial charge in [0, 0.05) is 28.7 Å². The van der Waals surface area contributed by atoms with Crippen LogP contribution in [0.5, 0.6) is 0 Å². The second kappa shape index (κ2) is 9.29. The van der Waals surface area contributed by atoms with E-state index in [1.54, 1.807) is 30.3 Å². The maximum absolute atomic E-state index is 11.9. The van der Waals surface area contributed by atoms with Gasteiger partial charge < -0.3 is 10.6 Å². The van der Waals surface area contributed by atoms with Gasteiger partial charge in [0.25, 0.3) is 0 Å². The van der Waals surface area contributed by atoms with Gasteiger partial charge in [-0.05, 0) is 48.9 Å². The minimum absolute atomic E-state index is 0.0953. The smallest absolute Gasteiger partial charge is 0.225 e. The van der Waals surface area contributed by atoms with Crippen molar-refractivity contribution in [3.8, 4) is 6.07 Å². The lowest BCUT2D eigenvalue weighted by atomic mass is 10.1. The van der Waals surface area contributed by atoms with E-state index in [1.165, 1.54) is 0 Å². The molecule has 0 fully saturated rings. The first-order valence-electron chi connectivity index (χ1n) is 7.53. The molecule has 0 bridgehead atoms. The molecular weight excluding hydrogens is 345 g/mol. The average molecular weight is 362 g/mol. The molecule has 2 rings (SSSR count). The second-order valence-corrected chi connectivity index (χ2v) is 6.07. The number of amides is 1. The molecule has 6 heteroatoms. The maximum atomic E-state index is 11.9. The van der Waals surface area contributed by atoms with Gasteiger partial charge in [-0.2, -0.15) is 5.26 Å². The first-order valence-corrected chi connectivity index (χ1v) is 8.29. The maximum Gasteiger partial charge on any atom is 0.225 e. The van der Waals surface area contributed by atoms with Crippen LogP contribution < -0.4 is 10.6 Å². The van der Waals surface area contributed by atoms with Crippen molar-refractivity contribution in [3.63, 3.8) is 0 Å². The minimum Gasteiger partial charge on any atom is -0.326 e. The van der Waals surface area contributed by atoms with Crippen molar-refractivity contribution in [2.45, 2.75) is 12.8 Å². The van der Waals surface area contributed by atoms with E-state index in [0.29, 0.717) is 34.3 Å². The molecule has 0 atom stereocenters. The number of hydrogen-bond acceptors (Lipinski definition) is 3. The van der Waals surface area contributed by atoms with E-state index in [4.69, 9.17) is 28.5 Å². The van der Waals surface area contributed by atoms with Crippen molar-refractivity contribution in [1.82, 2.24) is 5.32 Å². The average Bonchev–Trinajstić information content (AvgIpc) is 2.56. The van der Waals surface area contributed by atoms with Crippen LogP contribution in [0.2, 0.25) is 10.0 Å². The number of nitrogens with one attached hydrogen (secondary N) is 2. The fourth-order valence-corrected chi connectivity index (χ4v) is 2.67. The molecule has 124 valence electrons. The van der Waals surface area contributed by atoms with Crippen LogP contribution in [0, 0.1) is 11.3 Å². The SMILES string of the molecule is N#Cc1cccc(NC(=O)CCNCCc2ccc(Cl)cc2Cl)c1. The highest BCUT2D eigenvalue weighted by molar-refractivity contribution is 6.35. The summed E-state index contributed by atoms with van der Waals surface area (Å²) in [6, 6.07) is 14.3. The number of hydrogen-bond donors (Lipinski definition) is 2. The fraction of sp³-hybridized carbons (Fsp3) is 0.222. The van der Waals surface area contributed by atoms with Crippen molar-refractivity contribution in [1.29, 1.82) is 5.26 Å². The molecule has 0 radical (unpaired) electrons. The van der Waals surface area contributed by atoms with E-state index in [2.05, 4.69) is 10.6 Å². The summed E-state index contributed by atoms with van der Waals surface area (Å²) >= 11 is 12.0. The van der Waals surface area contributed by atoms with E-state index in [0.717, 1.165) is 18.5 Å². The number of carbonyl (C=O) groups excluding carboxylic acids is 1. The molecule has 0 saturated heterocycles. The van der Waals surface area contributed by atoms with Gasteiger partial charge in [-0.25, -0.2) is 0 Å². The zero-order chi connectivity index (χ0) is 17.4. The second-order valence-electron chi connectivity index (χ2n) is 5.23. The lowest BCUT2D eigenvalue weighted by Gasteiger charge is -2.08. The molecule has 0 aliphatic rings. The Balaban J connectivity index is 1.68. The Kier molecular flexibility index (Phi) is 7.07. The van der Waals surface area contributed by atoms with Gasteiger partial charge in [-0.15, -0.1) is 0 Å². The standard InChI is InChI=1S/C18H17Cl2N3O/c19-15-5-4-14(17(20)11-15)6-8-22-9-7-18(24)23-16-3-1-2-13(10-16)12-21/h1-5,10-11,22H,6-9H2,(H,23,24). The molecule has 0 saturated carbocycles. The Morgan fingerprint density at radius 2 is 1.96 bits per heavy atom. The Bertz CT molecular complexity index is 756. The molecule has 0 aromatic heterocycles. The minimum atomic E-state index is -0.0953. The highest BCUT2D eigenvalue weighted by Crippen LogP contribution is 2.21. The molecule has 2 aromatic carbocycles. The van der Waals surface area contributed by atoms with E-state index < -0.39 is 0 Å². The lowest BCUT2D eigenvalue weighted by molar-refractivity contribution is -0.116. The van der Waals surface area contributed by atoms with Crippen LogP contribution in [-0.4, -0.2) is 19.0 Å². The summed E-state index contributed by atoms with van der Waals surface area (Å²) in [5, 5.41) is 16.1. The lowest BCUT2D eigenvalue weighted by Crippen LogP contribution is -2.23. The van der Waals surface area contributed by atoms with Gasteiger partial charge in [0.1, 0.15) is 0 Å². The predicted octanol–water partition coefficient (Wildman–Crippen LogP) is 4.03. The van der Waals surface area contributed by atoms with Crippen molar-refractivity contribution in [2.24, 2.45) is 0 Å². The molecule has 2 aromatic rings. The molecule has 0 unspecified atom stereocenters. The molecular formula is C18H17Cl2N3O. The highest BCUT2D eigenvalue weighted by Gasteiger charge is 2.04. The number of benzene rings is 2. The van der Waals surface area contributed by atoms with Crippen molar-refractivity contribution >= 4 is 34.8 Å². The molecule has 2 N–H and O–H groups in total. The van der Waals surface area contributed by atoms with Gasteiger partial charge >= 0.3 is 0 Å². The van der Waals surface area contributed by atoms with Crippen molar-refractivity contribution in [2.75, 3.05) is 18.4 Å². The summed E-state index contributed by atoms with van der Waals surface area (Å²) in [6.07, 6.45) is 1.12. The number of rotatable bonds is 7. The number of halogens is 2. The topological polar surface area (TPSA) is 64.9 Å². The molecule has 4 nitrogen and oxygen atoms in total. The highest BCUT2D eigenvalue weighted by atomic mass is 35.5. The van der Waals surface area contributed by atoms with Gasteiger partial charge in [0.15, 0.2) is 0 Å². The van der Waals surface area contributed by atoms with Crippen LogP contribution in [0.3, 0.4) is 0 Å². The van der Waals surface area contributed by atoms with Crippen molar-refractivity contribution in [3.05, 3.63) is 63.6 Å². The number of carbonyl (C=O) groups is 1. The first-order chi connectivity index (χ1) is 11.6. The third kappa shape index (κ3) is 5.86. The van der Waals surface area contributed by atoms with E-state index in [-0.39, 0.29) is 5.91 Å². The summed E-state index contributed by atoms with van der Waals surface area (Å²) in [7, 11) is 0. The summed E-state index contributed by atoms with van der Waals surface area (Å²) in [5.41, 5.74) is 2.17. The number of anilines is 1. The quantitative estimate of drug-likeness (QED) is 0.731. The Hall–Kier alpha value is -2.06. The largest absolute Gasteiger partial charge is 0.326 e. The van der Waals surface area contributed by atoms with Crippen LogP contribution >= 0.6 is 23.2 Å². The Labute approximate surface area is 151 Å². The monoisotopic (exact) mass is 361 g/mol. The zero-order valence-electron chi connectivity index (χ0n) is 13.0. The van der Waals surface area contributed by atoms with E-state index in [1.807, 2.05) is 18.2 Å². The van der Waals surface area contributed by atoms with Gasteiger partial charge in [0.2, 0.25) is 5.91 Å². The summed E-state index contributed by atoms with van der Waals surface area (Å²) in [4.78, 5) is 11.9. The van der Waals surface area contributed by atoms with Crippen molar-refractivity contribution < 1.29 is 4.79 Å². The van der Waals surface area contributed by atoms with Crippen LogP contribution in [0.1, 0.15) is 17.5 Å². The molecule has 0 aliphatic heterocycles. The Morgan fingerprint density at radius 1 is 1.12 bits per heavy atom. The summed E-state index contributed by atoms with van der Waals surface area (Å²) in [6.45, 7) is 1.29. The molecule has 24 heavy (non-hydrogen) atoms. The summed E-state index contributed by atoms with van der Waals surface area (Å²) in [5.74, 6) is -0.0953. The molecule has 0 spiro atoms. The van der Waals surface area contributed by atoms with Gasteiger partial charge in [-0.1, -0.05) is 35.3 Å². The number of nitrogens with zero attached hydrogens (tertiary/aromatic N) is 1. The summed E-state index contributed by atoms with van der Waals surface area (Å²) < 4.78 is 0. The van der Waals surface area contributed by atoms with Gasteiger partial charge in [-0.3, -0.25) is 4.79 Å². The van der Waals surface area contributed by atoms with Crippen LogP contribution in [0.4, 0.5) is 5.69 Å². The number of nitriles is 1. The third-order valence-electron chi connectivity index (χ3n) is 3.39. The van der Waals surface area contributed by atoms with Crippen LogP contribution in [-0.2, 0) is 11.2 Å². The Morgan fingerprint density at radius 3 is 2.71 bits per heavy atom. The molecule has 0 aliphatic carbocycles. The van der Waals surface area contributed by atoms with Gasteiger partial charge in [0.05, 0.1) is 11.6 Å². The fourth-order valence-electron chi connectivity index (χ4n) is 2.16. The predicted molar refractivity (Wildman–Crippen MR) is 97.4 cm³/mol. The zero-order valence-corrected chi connectivity index (χ0v) is 14.5. The molecule has 0 heterocycles. The normalized spacial score (nSPS) is 10.2.